The fourth-order valence-electron chi connectivity index (χ4n) is 1.87. The van der Waals surface area contributed by atoms with E-state index >= 15 is 0 Å². The van der Waals surface area contributed by atoms with Crippen molar-refractivity contribution < 1.29 is 9.32 Å². The summed E-state index contributed by atoms with van der Waals surface area (Å²) in [4.78, 5) is 15.8. The number of carbonyl (C=O) groups is 1. The molecule has 6 heteroatoms. The maximum atomic E-state index is 11.7. The van der Waals surface area contributed by atoms with Crippen molar-refractivity contribution in [3.05, 3.63) is 11.7 Å². The first-order chi connectivity index (χ1) is 8.07. The number of nitrogens with one attached hydrogen (secondary N) is 1. The lowest BCUT2D eigenvalue weighted by Gasteiger charge is -2.18. The summed E-state index contributed by atoms with van der Waals surface area (Å²) >= 11 is 0. The molecule has 1 atom stereocenters. The summed E-state index contributed by atoms with van der Waals surface area (Å²) in [7, 11) is 0. The van der Waals surface area contributed by atoms with E-state index in [4.69, 9.17) is 10.3 Å². The van der Waals surface area contributed by atoms with Gasteiger partial charge in [0.2, 0.25) is 5.89 Å². The van der Waals surface area contributed by atoms with Gasteiger partial charge in [0.25, 0.3) is 11.7 Å². The smallest absolute Gasteiger partial charge is 0.292 e. The topological polar surface area (TPSA) is 94.0 Å². The van der Waals surface area contributed by atoms with Gasteiger partial charge in [-0.05, 0) is 38.5 Å². The van der Waals surface area contributed by atoms with Gasteiger partial charge in [0, 0.05) is 6.04 Å². The Bertz CT molecular complexity index is 446. The van der Waals surface area contributed by atoms with E-state index in [-0.39, 0.29) is 17.8 Å². The molecule has 0 saturated heterocycles. The molecule has 1 aromatic rings. The predicted octanol–water partition coefficient (Wildman–Crippen LogP) is 0.546. The molecule has 1 heterocycles. The second kappa shape index (κ2) is 3.53. The normalized spacial score (nSPS) is 23.2. The summed E-state index contributed by atoms with van der Waals surface area (Å²) in [5.74, 6) is 0.571. The van der Waals surface area contributed by atoms with Crippen molar-refractivity contribution in [3.8, 4) is 0 Å². The minimum absolute atomic E-state index is 0.0872. The lowest BCUT2D eigenvalue weighted by Crippen LogP contribution is -2.36. The van der Waals surface area contributed by atoms with Crippen LogP contribution in [0, 0.1) is 5.92 Å². The summed E-state index contributed by atoms with van der Waals surface area (Å²) in [6.07, 6.45) is 4.23. The molecule has 0 aromatic carbocycles. The summed E-state index contributed by atoms with van der Waals surface area (Å²) in [5, 5.41) is 6.51. The highest BCUT2D eigenvalue weighted by atomic mass is 16.5. The number of amides is 1. The quantitative estimate of drug-likeness (QED) is 0.796. The lowest BCUT2D eigenvalue weighted by molar-refractivity contribution is 0.0937. The van der Waals surface area contributed by atoms with Crippen molar-refractivity contribution in [1.29, 1.82) is 0 Å². The molecule has 17 heavy (non-hydrogen) atoms. The van der Waals surface area contributed by atoms with Crippen molar-refractivity contribution in [2.45, 2.75) is 44.2 Å². The number of carbonyl (C=O) groups excluding carboxylic acids is 1. The number of nitrogens with two attached hydrogens (primary N) is 1. The van der Waals surface area contributed by atoms with Gasteiger partial charge in [-0.2, -0.15) is 4.98 Å². The number of nitrogens with zero attached hydrogens (tertiary/aromatic N) is 2. The molecule has 1 amide bonds. The second-order valence-corrected chi connectivity index (χ2v) is 5.23. The fourth-order valence-corrected chi connectivity index (χ4v) is 1.87. The molecule has 3 N–H and O–H groups in total. The number of aromatic nitrogens is 2. The van der Waals surface area contributed by atoms with Crippen LogP contribution in [0.15, 0.2) is 4.52 Å². The zero-order valence-electron chi connectivity index (χ0n) is 9.77. The zero-order chi connectivity index (χ0) is 12.0. The van der Waals surface area contributed by atoms with Crippen LogP contribution in [0.4, 0.5) is 0 Å². The summed E-state index contributed by atoms with van der Waals surface area (Å²) in [6, 6.07) is 0.289. The number of hydrogen-bond acceptors (Lipinski definition) is 5. The summed E-state index contributed by atoms with van der Waals surface area (Å²) in [6.45, 7) is 1.88. The van der Waals surface area contributed by atoms with E-state index in [1.807, 2.05) is 6.92 Å². The van der Waals surface area contributed by atoms with Gasteiger partial charge in [0.05, 0.1) is 5.54 Å². The van der Waals surface area contributed by atoms with Crippen LogP contribution in [0.5, 0.6) is 0 Å². The Balaban J connectivity index is 1.74. The Morgan fingerprint density at radius 1 is 1.47 bits per heavy atom. The van der Waals surface area contributed by atoms with Crippen LogP contribution in [0.2, 0.25) is 0 Å². The molecule has 0 aliphatic heterocycles. The highest BCUT2D eigenvalue weighted by molar-refractivity contribution is 5.90. The molecule has 1 aromatic heterocycles. The lowest BCUT2D eigenvalue weighted by atomic mass is 9.97. The first-order valence-electron chi connectivity index (χ1n) is 6.01. The van der Waals surface area contributed by atoms with Crippen LogP contribution < -0.4 is 11.1 Å². The van der Waals surface area contributed by atoms with Gasteiger partial charge in [-0.3, -0.25) is 4.79 Å². The molecule has 0 bridgehead atoms. The molecule has 2 fully saturated rings. The third kappa shape index (κ3) is 2.04. The van der Waals surface area contributed by atoms with Gasteiger partial charge in [0.1, 0.15) is 0 Å². The summed E-state index contributed by atoms with van der Waals surface area (Å²) in [5.41, 5.74) is 5.54. The Kier molecular flexibility index (Phi) is 2.22. The van der Waals surface area contributed by atoms with Crippen LogP contribution >= 0.6 is 0 Å². The monoisotopic (exact) mass is 236 g/mol. The van der Waals surface area contributed by atoms with Crippen molar-refractivity contribution in [3.63, 3.8) is 0 Å². The maximum Gasteiger partial charge on any atom is 0.292 e. The van der Waals surface area contributed by atoms with Crippen LogP contribution in [0.3, 0.4) is 0 Å². The maximum absolute atomic E-state index is 11.7. The highest BCUT2D eigenvalue weighted by Gasteiger charge is 2.44. The Hall–Kier alpha value is -1.43. The van der Waals surface area contributed by atoms with Gasteiger partial charge in [-0.25, -0.2) is 0 Å². The minimum atomic E-state index is -0.606. The second-order valence-electron chi connectivity index (χ2n) is 5.23. The third-order valence-corrected chi connectivity index (χ3v) is 3.43. The molecular formula is C11H16N4O2. The van der Waals surface area contributed by atoms with E-state index in [9.17, 15) is 4.79 Å². The van der Waals surface area contributed by atoms with Crippen molar-refractivity contribution in [2.24, 2.45) is 11.7 Å². The molecule has 6 nitrogen and oxygen atoms in total. The van der Waals surface area contributed by atoms with Gasteiger partial charge < -0.3 is 15.6 Å². The molecule has 1 unspecified atom stereocenters. The minimum Gasteiger partial charge on any atom is -0.346 e. The Morgan fingerprint density at radius 3 is 2.76 bits per heavy atom. The van der Waals surface area contributed by atoms with Crippen molar-refractivity contribution in [1.82, 2.24) is 15.5 Å². The standard InChI is InChI=1S/C11H16N4O2/c1-11(12,6-2-3-6)10-14-8(15-17-10)9(16)13-7-4-5-7/h6-7H,2-5,12H2,1H3,(H,13,16). The summed E-state index contributed by atoms with van der Waals surface area (Å²) < 4.78 is 5.11. The van der Waals surface area contributed by atoms with Crippen LogP contribution in [0.25, 0.3) is 0 Å². The van der Waals surface area contributed by atoms with E-state index in [1.165, 1.54) is 0 Å². The molecule has 3 rings (SSSR count). The van der Waals surface area contributed by atoms with E-state index in [2.05, 4.69) is 15.5 Å². The largest absolute Gasteiger partial charge is 0.346 e. The van der Waals surface area contributed by atoms with Crippen LogP contribution in [-0.4, -0.2) is 22.1 Å². The molecule has 2 saturated carbocycles. The van der Waals surface area contributed by atoms with Gasteiger partial charge in [0.15, 0.2) is 0 Å². The van der Waals surface area contributed by atoms with Crippen molar-refractivity contribution in [2.75, 3.05) is 0 Å². The first kappa shape index (κ1) is 10.7. The average molecular weight is 236 g/mol. The third-order valence-electron chi connectivity index (χ3n) is 3.43. The molecule has 2 aliphatic rings. The molecule has 2 aliphatic carbocycles. The van der Waals surface area contributed by atoms with E-state index in [1.54, 1.807) is 0 Å². The first-order valence-corrected chi connectivity index (χ1v) is 6.01. The van der Waals surface area contributed by atoms with E-state index in [0.29, 0.717) is 11.8 Å². The Labute approximate surface area is 98.9 Å². The molecule has 92 valence electrons. The van der Waals surface area contributed by atoms with E-state index < -0.39 is 5.54 Å². The van der Waals surface area contributed by atoms with Gasteiger partial charge >= 0.3 is 0 Å². The van der Waals surface area contributed by atoms with Crippen LogP contribution in [-0.2, 0) is 5.54 Å². The van der Waals surface area contributed by atoms with Crippen LogP contribution in [0.1, 0.15) is 49.1 Å². The average Bonchev–Trinajstić information content (AvgIpc) is 3.18. The predicted molar refractivity (Wildman–Crippen MR) is 59.0 cm³/mol. The van der Waals surface area contributed by atoms with Gasteiger partial charge in [-0.15, -0.1) is 0 Å². The Morgan fingerprint density at radius 2 is 2.18 bits per heavy atom. The number of rotatable bonds is 4. The molecule has 0 radical (unpaired) electrons. The fraction of sp³-hybridized carbons (Fsp3) is 0.727. The van der Waals surface area contributed by atoms with Crippen molar-refractivity contribution >= 4 is 5.91 Å². The molecular weight excluding hydrogens is 220 g/mol. The van der Waals surface area contributed by atoms with E-state index in [0.717, 1.165) is 25.7 Å². The molecule has 0 spiro atoms. The highest BCUT2D eigenvalue weighted by Crippen LogP contribution is 2.43. The van der Waals surface area contributed by atoms with Gasteiger partial charge in [-0.1, -0.05) is 5.16 Å². The SMILES string of the molecule is CC(N)(c1nc(C(=O)NC2CC2)no1)C1CC1. The number of hydrogen-bond donors (Lipinski definition) is 2. The zero-order valence-corrected chi connectivity index (χ0v) is 9.77.